The van der Waals surface area contributed by atoms with Crippen LogP contribution < -0.4 is 10.1 Å². The summed E-state index contributed by atoms with van der Waals surface area (Å²) in [5.41, 5.74) is 0.458. The van der Waals surface area contributed by atoms with Gasteiger partial charge in [0.15, 0.2) is 16.4 Å². The number of hydrogen-bond donors (Lipinski definition) is 1. The Balaban J connectivity index is 1.58. The van der Waals surface area contributed by atoms with Gasteiger partial charge in [0, 0.05) is 5.69 Å². The van der Waals surface area contributed by atoms with Crippen LogP contribution in [0.5, 0.6) is 5.75 Å². The predicted molar refractivity (Wildman–Crippen MR) is 101 cm³/mol. The lowest BCUT2D eigenvalue weighted by molar-refractivity contribution is -0.118. The highest BCUT2D eigenvalue weighted by Gasteiger charge is 2.30. The van der Waals surface area contributed by atoms with Crippen molar-refractivity contribution in [2.45, 2.75) is 35.8 Å². The molecule has 1 N–H and O–H groups in total. The lowest BCUT2D eigenvalue weighted by atomic mass is 10.3. The summed E-state index contributed by atoms with van der Waals surface area (Å²) in [7, 11) is -3.32. The maximum absolute atomic E-state index is 13.0. The number of carbonyl (C=O) groups is 1. The third-order valence-electron chi connectivity index (χ3n) is 4.46. The molecule has 1 aliphatic carbocycles. The van der Waals surface area contributed by atoms with Gasteiger partial charge in [-0.1, -0.05) is 24.4 Å². The average molecular weight is 412 g/mol. The van der Waals surface area contributed by atoms with Gasteiger partial charge in [-0.25, -0.2) is 12.8 Å². The third kappa shape index (κ3) is 4.78. The van der Waals surface area contributed by atoms with Crippen LogP contribution in [0.4, 0.5) is 10.1 Å². The van der Waals surface area contributed by atoms with Crippen LogP contribution in [0, 0.1) is 5.82 Å². The first-order valence-corrected chi connectivity index (χ1v) is 10.5. The van der Waals surface area contributed by atoms with Crippen LogP contribution in [-0.4, -0.2) is 26.2 Å². The monoisotopic (exact) mass is 411 g/mol. The molecule has 1 saturated carbocycles. The van der Waals surface area contributed by atoms with E-state index in [0.717, 1.165) is 18.9 Å². The van der Waals surface area contributed by atoms with Crippen LogP contribution in [0.2, 0.25) is 5.02 Å². The lowest BCUT2D eigenvalue weighted by Crippen LogP contribution is -2.20. The van der Waals surface area contributed by atoms with E-state index in [-0.39, 0.29) is 27.5 Å². The maximum atomic E-state index is 13.0. The number of hydrogen-bond acceptors (Lipinski definition) is 4. The Morgan fingerprint density at radius 3 is 2.44 bits per heavy atom. The number of ether oxygens (including phenoxy) is 1. The van der Waals surface area contributed by atoms with Gasteiger partial charge in [0.05, 0.1) is 15.2 Å². The second-order valence-corrected chi connectivity index (χ2v) is 9.02. The van der Waals surface area contributed by atoms with E-state index in [4.69, 9.17) is 16.3 Å². The number of nitrogens with one attached hydrogen (secondary N) is 1. The minimum atomic E-state index is -3.32. The van der Waals surface area contributed by atoms with E-state index >= 15 is 0 Å². The molecule has 8 heteroatoms. The highest BCUT2D eigenvalue weighted by Crippen LogP contribution is 2.30. The van der Waals surface area contributed by atoms with E-state index in [1.54, 1.807) is 12.1 Å². The predicted octanol–water partition coefficient (Wildman–Crippen LogP) is 4.21. The zero-order valence-electron chi connectivity index (χ0n) is 14.5. The first kappa shape index (κ1) is 19.6. The summed E-state index contributed by atoms with van der Waals surface area (Å²) in [6, 6.07) is 9.71. The summed E-state index contributed by atoms with van der Waals surface area (Å²) < 4.78 is 43.3. The number of carbonyl (C=O) groups excluding carboxylic acids is 1. The van der Waals surface area contributed by atoms with Gasteiger partial charge < -0.3 is 10.1 Å². The summed E-state index contributed by atoms with van der Waals surface area (Å²) >= 11 is 5.83. The molecule has 1 fully saturated rings. The fraction of sp³-hybridized carbons (Fsp3) is 0.316. The fourth-order valence-electron chi connectivity index (χ4n) is 3.05. The third-order valence-corrected chi connectivity index (χ3v) is 7.03. The molecule has 27 heavy (non-hydrogen) atoms. The van der Waals surface area contributed by atoms with E-state index in [1.165, 1.54) is 24.3 Å². The molecule has 2 aromatic rings. The molecule has 0 radical (unpaired) electrons. The fourth-order valence-corrected chi connectivity index (χ4v) is 5.13. The van der Waals surface area contributed by atoms with Gasteiger partial charge >= 0.3 is 0 Å². The molecule has 0 aromatic heterocycles. The molecule has 0 aliphatic heterocycles. The van der Waals surface area contributed by atoms with Gasteiger partial charge in [0.25, 0.3) is 5.91 Å². The van der Waals surface area contributed by atoms with Gasteiger partial charge in [-0.2, -0.15) is 0 Å². The molecule has 0 bridgehead atoms. The molecule has 0 saturated heterocycles. The van der Waals surface area contributed by atoms with Crippen LogP contribution in [0.3, 0.4) is 0 Å². The van der Waals surface area contributed by atoms with E-state index in [0.29, 0.717) is 18.5 Å². The van der Waals surface area contributed by atoms with Gasteiger partial charge in [0.1, 0.15) is 11.6 Å². The summed E-state index contributed by atoms with van der Waals surface area (Å²) in [5, 5.41) is 2.38. The average Bonchev–Trinajstić information content (AvgIpc) is 3.17. The van der Waals surface area contributed by atoms with E-state index in [1.807, 2.05) is 0 Å². The smallest absolute Gasteiger partial charge is 0.262 e. The normalized spacial score (nSPS) is 14.9. The number of benzene rings is 2. The van der Waals surface area contributed by atoms with E-state index < -0.39 is 21.6 Å². The van der Waals surface area contributed by atoms with Gasteiger partial charge in [-0.05, 0) is 55.3 Å². The molecule has 0 atom stereocenters. The van der Waals surface area contributed by atoms with Crippen molar-refractivity contribution in [1.82, 2.24) is 0 Å². The van der Waals surface area contributed by atoms with Crippen molar-refractivity contribution in [3.8, 4) is 5.75 Å². The van der Waals surface area contributed by atoms with Crippen LogP contribution >= 0.6 is 11.6 Å². The Bertz CT molecular complexity index is 925. The maximum Gasteiger partial charge on any atom is 0.262 e. The number of halogens is 2. The van der Waals surface area contributed by atoms with E-state index in [9.17, 15) is 17.6 Å². The summed E-state index contributed by atoms with van der Waals surface area (Å²) in [4.78, 5) is 12.2. The molecule has 1 amide bonds. The van der Waals surface area contributed by atoms with Gasteiger partial charge in [-0.3, -0.25) is 4.79 Å². The van der Waals surface area contributed by atoms with Crippen molar-refractivity contribution in [1.29, 1.82) is 0 Å². The number of sulfone groups is 1. The second kappa shape index (κ2) is 8.27. The van der Waals surface area contributed by atoms with Gasteiger partial charge in [0.2, 0.25) is 0 Å². The topological polar surface area (TPSA) is 72.5 Å². The Morgan fingerprint density at radius 1 is 1.15 bits per heavy atom. The minimum absolute atomic E-state index is 0.0734. The van der Waals surface area contributed by atoms with E-state index in [2.05, 4.69) is 5.32 Å². The molecule has 0 unspecified atom stereocenters. The minimum Gasteiger partial charge on any atom is -0.482 e. The number of amides is 1. The zero-order valence-corrected chi connectivity index (χ0v) is 16.0. The van der Waals surface area contributed by atoms with Crippen LogP contribution in [0.1, 0.15) is 25.7 Å². The molecule has 144 valence electrons. The SMILES string of the molecule is O=C(COc1ccc(F)cc1Cl)Nc1ccc(S(=O)(=O)C2CCCC2)cc1. The standard InChI is InChI=1S/C19H19ClFNO4S/c20-17-11-13(21)5-10-18(17)26-12-19(23)22-14-6-8-16(9-7-14)27(24,25)15-3-1-2-4-15/h5-11,15H,1-4,12H2,(H,22,23). The summed E-state index contributed by atoms with van der Waals surface area (Å²) in [6.45, 7) is -0.312. The highest BCUT2D eigenvalue weighted by molar-refractivity contribution is 7.92. The van der Waals surface area contributed by atoms with Crippen molar-refractivity contribution >= 4 is 33.0 Å². The van der Waals surface area contributed by atoms with Crippen molar-refractivity contribution < 1.29 is 22.3 Å². The quantitative estimate of drug-likeness (QED) is 0.772. The highest BCUT2D eigenvalue weighted by atomic mass is 35.5. The van der Waals surface area contributed by atoms with Gasteiger partial charge in [-0.15, -0.1) is 0 Å². The Hall–Kier alpha value is -2.12. The van der Waals surface area contributed by atoms with Crippen LogP contribution in [0.25, 0.3) is 0 Å². The largest absolute Gasteiger partial charge is 0.482 e. The first-order chi connectivity index (χ1) is 12.9. The van der Waals surface area contributed by atoms with Crippen molar-refractivity contribution in [2.24, 2.45) is 0 Å². The molecular formula is C19H19ClFNO4S. The first-order valence-electron chi connectivity index (χ1n) is 8.58. The molecular weight excluding hydrogens is 393 g/mol. The Morgan fingerprint density at radius 2 is 1.81 bits per heavy atom. The van der Waals surface area contributed by atoms with Crippen molar-refractivity contribution in [2.75, 3.05) is 11.9 Å². The van der Waals surface area contributed by atoms with Crippen LogP contribution in [0.15, 0.2) is 47.4 Å². The lowest BCUT2D eigenvalue weighted by Gasteiger charge is -2.12. The molecule has 1 aliphatic rings. The van der Waals surface area contributed by atoms with Crippen molar-refractivity contribution in [3.05, 3.63) is 53.3 Å². The molecule has 0 spiro atoms. The Kier molecular flexibility index (Phi) is 6.01. The second-order valence-electron chi connectivity index (χ2n) is 6.39. The zero-order chi connectivity index (χ0) is 19.4. The molecule has 5 nitrogen and oxygen atoms in total. The number of anilines is 1. The molecule has 2 aromatic carbocycles. The van der Waals surface area contributed by atoms with Crippen LogP contribution in [-0.2, 0) is 14.6 Å². The number of rotatable bonds is 6. The summed E-state index contributed by atoms with van der Waals surface area (Å²) in [5.74, 6) is -0.738. The Labute approximate surface area is 162 Å². The van der Waals surface area contributed by atoms with Crippen molar-refractivity contribution in [3.63, 3.8) is 0 Å². The molecule has 0 heterocycles. The molecule has 3 rings (SSSR count). The summed E-state index contributed by atoms with van der Waals surface area (Å²) in [6.07, 6.45) is 3.28.